The predicted octanol–water partition coefficient (Wildman–Crippen LogP) is 3.27. The highest BCUT2D eigenvalue weighted by Crippen LogP contribution is 2.21. The van der Waals surface area contributed by atoms with E-state index in [1.165, 1.54) is 61.5 Å². The summed E-state index contributed by atoms with van der Waals surface area (Å²) in [7, 11) is 0. The normalized spacial score (nSPS) is 23.8. The zero-order valence-corrected chi connectivity index (χ0v) is 12.4. The lowest BCUT2D eigenvalue weighted by molar-refractivity contribution is 0.507. The number of benzene rings is 1. The van der Waals surface area contributed by atoms with Gasteiger partial charge in [0.05, 0.1) is 0 Å². The molecule has 1 unspecified atom stereocenters. The van der Waals surface area contributed by atoms with Crippen LogP contribution in [0.5, 0.6) is 0 Å². The minimum Gasteiger partial charge on any atom is -0.372 e. The lowest BCUT2D eigenvalue weighted by atomic mass is 10.1. The molecule has 2 saturated heterocycles. The summed E-state index contributed by atoms with van der Waals surface area (Å²) in [6, 6.07) is 9.88. The quantitative estimate of drug-likeness (QED) is 0.908. The van der Waals surface area contributed by atoms with Gasteiger partial charge in [-0.05, 0) is 49.1 Å². The van der Waals surface area contributed by atoms with E-state index in [-0.39, 0.29) is 0 Å². The average molecular weight is 276 g/mol. The maximum atomic E-state index is 3.69. The van der Waals surface area contributed by atoms with Crippen molar-refractivity contribution in [2.75, 3.05) is 29.5 Å². The molecule has 0 bridgehead atoms. The first kappa shape index (κ1) is 13.3. The molecule has 0 saturated carbocycles. The van der Waals surface area contributed by atoms with Crippen molar-refractivity contribution in [1.29, 1.82) is 0 Å². The van der Waals surface area contributed by atoms with E-state index in [0.29, 0.717) is 0 Å². The van der Waals surface area contributed by atoms with Gasteiger partial charge >= 0.3 is 0 Å². The van der Waals surface area contributed by atoms with Crippen LogP contribution in [0.2, 0.25) is 0 Å². The molecule has 0 spiro atoms. The second-order valence-electron chi connectivity index (χ2n) is 5.66. The van der Waals surface area contributed by atoms with Crippen molar-refractivity contribution in [3.63, 3.8) is 0 Å². The molecular formula is C16H24N2S. The fourth-order valence-corrected chi connectivity index (χ4v) is 4.07. The van der Waals surface area contributed by atoms with Crippen LogP contribution in [0, 0.1) is 0 Å². The van der Waals surface area contributed by atoms with Crippen LogP contribution in [-0.2, 0) is 6.54 Å². The van der Waals surface area contributed by atoms with E-state index < -0.39 is 0 Å². The molecule has 1 aromatic carbocycles. The van der Waals surface area contributed by atoms with Gasteiger partial charge in [-0.3, -0.25) is 0 Å². The van der Waals surface area contributed by atoms with Crippen LogP contribution in [0.3, 0.4) is 0 Å². The number of hydrogen-bond acceptors (Lipinski definition) is 3. The van der Waals surface area contributed by atoms with Crippen LogP contribution in [0.4, 0.5) is 5.69 Å². The first-order chi connectivity index (χ1) is 9.42. The number of anilines is 1. The number of rotatable bonds is 4. The Kier molecular flexibility index (Phi) is 4.67. The molecule has 3 heteroatoms. The zero-order chi connectivity index (χ0) is 12.9. The van der Waals surface area contributed by atoms with Gasteiger partial charge < -0.3 is 10.2 Å². The molecule has 2 aliphatic rings. The van der Waals surface area contributed by atoms with Crippen LogP contribution in [0.1, 0.15) is 31.2 Å². The number of hydrogen-bond donors (Lipinski definition) is 1. The molecule has 2 heterocycles. The highest BCUT2D eigenvalue weighted by atomic mass is 32.2. The molecule has 1 atom stereocenters. The summed E-state index contributed by atoms with van der Waals surface area (Å²) in [5, 5.41) is 3.69. The maximum Gasteiger partial charge on any atom is 0.0366 e. The Bertz CT molecular complexity index is 378. The summed E-state index contributed by atoms with van der Waals surface area (Å²) < 4.78 is 0. The van der Waals surface area contributed by atoms with E-state index in [1.54, 1.807) is 0 Å². The molecule has 0 aromatic heterocycles. The summed E-state index contributed by atoms with van der Waals surface area (Å²) in [5.74, 6) is 2.63. The molecule has 2 aliphatic heterocycles. The van der Waals surface area contributed by atoms with E-state index in [4.69, 9.17) is 0 Å². The molecule has 19 heavy (non-hydrogen) atoms. The first-order valence-corrected chi connectivity index (χ1v) is 8.72. The molecule has 1 N–H and O–H groups in total. The SMILES string of the molecule is c1cc(N2CCCC2)ccc1CNC1CCCSC1. The van der Waals surface area contributed by atoms with Crippen LogP contribution in [0.25, 0.3) is 0 Å². The molecule has 0 radical (unpaired) electrons. The van der Waals surface area contributed by atoms with Crippen LogP contribution in [-0.4, -0.2) is 30.6 Å². The topological polar surface area (TPSA) is 15.3 Å². The van der Waals surface area contributed by atoms with Gasteiger partial charge in [-0.2, -0.15) is 11.8 Å². The molecule has 2 fully saturated rings. The van der Waals surface area contributed by atoms with Crippen molar-refractivity contribution in [3.05, 3.63) is 29.8 Å². The summed E-state index contributed by atoms with van der Waals surface area (Å²) in [6.07, 6.45) is 5.42. The lowest BCUT2D eigenvalue weighted by Crippen LogP contribution is -2.33. The third kappa shape index (κ3) is 3.67. The Morgan fingerprint density at radius 2 is 1.89 bits per heavy atom. The van der Waals surface area contributed by atoms with Crippen LogP contribution < -0.4 is 10.2 Å². The Hall–Kier alpha value is -0.670. The van der Waals surface area contributed by atoms with E-state index in [1.807, 2.05) is 0 Å². The molecule has 104 valence electrons. The summed E-state index contributed by atoms with van der Waals surface area (Å²) >= 11 is 2.09. The minimum absolute atomic E-state index is 0.719. The number of nitrogens with one attached hydrogen (secondary N) is 1. The smallest absolute Gasteiger partial charge is 0.0366 e. The van der Waals surface area contributed by atoms with Gasteiger partial charge in [-0.25, -0.2) is 0 Å². The Morgan fingerprint density at radius 1 is 1.11 bits per heavy atom. The van der Waals surface area contributed by atoms with Gasteiger partial charge in [-0.1, -0.05) is 12.1 Å². The second kappa shape index (κ2) is 6.67. The molecule has 0 aliphatic carbocycles. The summed E-state index contributed by atoms with van der Waals surface area (Å²) in [6.45, 7) is 3.49. The fraction of sp³-hybridized carbons (Fsp3) is 0.625. The Labute approximate surface area is 121 Å². The van der Waals surface area contributed by atoms with Gasteiger partial charge in [0.15, 0.2) is 0 Å². The van der Waals surface area contributed by atoms with E-state index in [2.05, 4.69) is 46.2 Å². The van der Waals surface area contributed by atoms with Gasteiger partial charge in [0.2, 0.25) is 0 Å². The van der Waals surface area contributed by atoms with Crippen molar-refractivity contribution in [1.82, 2.24) is 5.32 Å². The third-order valence-corrected chi connectivity index (χ3v) is 5.38. The second-order valence-corrected chi connectivity index (χ2v) is 6.81. The lowest BCUT2D eigenvalue weighted by Gasteiger charge is -2.23. The zero-order valence-electron chi connectivity index (χ0n) is 11.6. The average Bonchev–Trinajstić information content (AvgIpc) is 3.01. The highest BCUT2D eigenvalue weighted by Gasteiger charge is 2.13. The third-order valence-electron chi connectivity index (χ3n) is 4.16. The van der Waals surface area contributed by atoms with Crippen molar-refractivity contribution < 1.29 is 0 Å². The van der Waals surface area contributed by atoms with Gasteiger partial charge in [0.25, 0.3) is 0 Å². The van der Waals surface area contributed by atoms with Crippen molar-refractivity contribution in [2.45, 2.75) is 38.3 Å². The van der Waals surface area contributed by atoms with Crippen LogP contribution >= 0.6 is 11.8 Å². The maximum absolute atomic E-state index is 3.69. The highest BCUT2D eigenvalue weighted by molar-refractivity contribution is 7.99. The largest absolute Gasteiger partial charge is 0.372 e. The fourth-order valence-electron chi connectivity index (χ4n) is 2.96. The van der Waals surface area contributed by atoms with E-state index in [0.717, 1.165) is 12.6 Å². The number of thioether (sulfide) groups is 1. The van der Waals surface area contributed by atoms with Crippen LogP contribution in [0.15, 0.2) is 24.3 Å². The van der Waals surface area contributed by atoms with Crippen molar-refractivity contribution in [2.24, 2.45) is 0 Å². The standard InChI is InChI=1S/C16H24N2S/c1-2-10-18(9-1)16-7-5-14(6-8-16)12-17-15-4-3-11-19-13-15/h5-8,15,17H,1-4,9-13H2. The molecular weight excluding hydrogens is 252 g/mol. The molecule has 1 aromatic rings. The first-order valence-electron chi connectivity index (χ1n) is 7.57. The molecule has 2 nitrogen and oxygen atoms in total. The number of nitrogens with zero attached hydrogens (tertiary/aromatic N) is 1. The van der Waals surface area contributed by atoms with E-state index in [9.17, 15) is 0 Å². The Balaban J connectivity index is 1.50. The van der Waals surface area contributed by atoms with E-state index >= 15 is 0 Å². The van der Waals surface area contributed by atoms with Crippen molar-refractivity contribution >= 4 is 17.4 Å². The monoisotopic (exact) mass is 276 g/mol. The molecule has 3 rings (SSSR count). The van der Waals surface area contributed by atoms with Gasteiger partial charge in [0, 0.05) is 37.1 Å². The summed E-state index contributed by atoms with van der Waals surface area (Å²) in [4.78, 5) is 2.50. The molecule has 0 amide bonds. The predicted molar refractivity (Wildman–Crippen MR) is 85.1 cm³/mol. The Morgan fingerprint density at radius 3 is 2.58 bits per heavy atom. The minimum atomic E-state index is 0.719. The summed E-state index contributed by atoms with van der Waals surface area (Å²) in [5.41, 5.74) is 2.81. The van der Waals surface area contributed by atoms with Gasteiger partial charge in [-0.15, -0.1) is 0 Å². The van der Waals surface area contributed by atoms with Gasteiger partial charge in [0.1, 0.15) is 0 Å². The van der Waals surface area contributed by atoms with Crippen molar-refractivity contribution in [3.8, 4) is 0 Å².